The van der Waals surface area contributed by atoms with Gasteiger partial charge in [-0.3, -0.25) is 14.5 Å². The molecule has 28 heavy (non-hydrogen) atoms. The summed E-state index contributed by atoms with van der Waals surface area (Å²) in [5, 5.41) is 3.07. The standard InChI is InChI=1S/C23H33N3O2/c1-17-8-12-25(13-9-17)16-18-2-6-21(7-3-18)24-22(27)19-10-14-26(15-11-19)23(28)20-4-5-20/h2-3,6-7,17,19-20H,4-5,8-16H2,1H3,(H,24,27). The Bertz CT molecular complexity index is 682. The summed E-state index contributed by atoms with van der Waals surface area (Å²) in [6, 6.07) is 8.30. The Hall–Kier alpha value is -1.88. The van der Waals surface area contributed by atoms with Crippen molar-refractivity contribution in [1.82, 2.24) is 9.80 Å². The van der Waals surface area contributed by atoms with Gasteiger partial charge in [0.1, 0.15) is 0 Å². The third-order valence-corrected chi connectivity index (χ3v) is 6.61. The molecule has 1 N–H and O–H groups in total. The minimum Gasteiger partial charge on any atom is -0.342 e. The predicted octanol–water partition coefficient (Wildman–Crippen LogP) is 3.51. The van der Waals surface area contributed by atoms with E-state index < -0.39 is 0 Å². The lowest BCUT2D eigenvalue weighted by molar-refractivity contribution is -0.135. The van der Waals surface area contributed by atoms with Gasteiger partial charge in [0.2, 0.25) is 11.8 Å². The van der Waals surface area contributed by atoms with Crippen LogP contribution in [-0.2, 0) is 16.1 Å². The number of likely N-dealkylation sites (tertiary alicyclic amines) is 2. The largest absolute Gasteiger partial charge is 0.342 e. The van der Waals surface area contributed by atoms with Crippen molar-refractivity contribution in [2.75, 3.05) is 31.5 Å². The molecule has 1 aromatic carbocycles. The summed E-state index contributed by atoms with van der Waals surface area (Å²) < 4.78 is 0. The highest BCUT2D eigenvalue weighted by Crippen LogP contribution is 2.32. The second kappa shape index (κ2) is 8.64. The first-order valence-corrected chi connectivity index (χ1v) is 11.0. The quantitative estimate of drug-likeness (QED) is 0.847. The highest BCUT2D eigenvalue weighted by atomic mass is 16.2. The Balaban J connectivity index is 1.23. The molecular formula is C23H33N3O2. The van der Waals surface area contributed by atoms with Gasteiger partial charge in [-0.05, 0) is 75.2 Å². The monoisotopic (exact) mass is 383 g/mol. The summed E-state index contributed by atoms with van der Waals surface area (Å²) in [4.78, 5) is 29.2. The average Bonchev–Trinajstić information content (AvgIpc) is 3.56. The molecule has 0 bridgehead atoms. The molecule has 1 aromatic rings. The van der Waals surface area contributed by atoms with Crippen molar-refractivity contribution in [3.8, 4) is 0 Å². The van der Waals surface area contributed by atoms with Gasteiger partial charge in [0.25, 0.3) is 0 Å². The van der Waals surface area contributed by atoms with Crippen molar-refractivity contribution in [2.45, 2.75) is 52.0 Å². The van der Waals surface area contributed by atoms with Crippen LogP contribution in [-0.4, -0.2) is 47.8 Å². The van der Waals surface area contributed by atoms with Crippen LogP contribution in [0, 0.1) is 17.8 Å². The smallest absolute Gasteiger partial charge is 0.227 e. The molecule has 1 aliphatic carbocycles. The number of carbonyl (C=O) groups excluding carboxylic acids is 2. The van der Waals surface area contributed by atoms with Crippen molar-refractivity contribution in [1.29, 1.82) is 0 Å². The summed E-state index contributed by atoms with van der Waals surface area (Å²) in [5.41, 5.74) is 2.18. The van der Waals surface area contributed by atoms with Crippen LogP contribution in [0.5, 0.6) is 0 Å². The normalized spacial score (nSPS) is 22.2. The van der Waals surface area contributed by atoms with Crippen LogP contribution in [0.1, 0.15) is 51.0 Å². The Morgan fingerprint density at radius 1 is 0.893 bits per heavy atom. The summed E-state index contributed by atoms with van der Waals surface area (Å²) in [6.45, 7) is 7.14. The Labute approximate surface area is 168 Å². The van der Waals surface area contributed by atoms with E-state index in [4.69, 9.17) is 0 Å². The molecule has 1 saturated carbocycles. The number of nitrogens with zero attached hydrogens (tertiary/aromatic N) is 2. The molecule has 3 fully saturated rings. The van der Waals surface area contributed by atoms with Crippen molar-refractivity contribution >= 4 is 17.5 Å². The number of rotatable bonds is 5. The van der Waals surface area contributed by atoms with Gasteiger partial charge < -0.3 is 10.2 Å². The first-order valence-electron chi connectivity index (χ1n) is 11.0. The molecule has 2 saturated heterocycles. The van der Waals surface area contributed by atoms with Crippen LogP contribution >= 0.6 is 0 Å². The van der Waals surface area contributed by atoms with Crippen LogP contribution < -0.4 is 5.32 Å². The molecule has 0 aromatic heterocycles. The lowest BCUT2D eigenvalue weighted by Crippen LogP contribution is -2.42. The van der Waals surface area contributed by atoms with Gasteiger partial charge in [0.15, 0.2) is 0 Å². The average molecular weight is 384 g/mol. The summed E-state index contributed by atoms with van der Waals surface area (Å²) in [6.07, 6.45) is 6.22. The minimum absolute atomic E-state index is 0.0123. The SMILES string of the molecule is CC1CCN(Cc2ccc(NC(=O)C3CCN(C(=O)C4CC4)CC3)cc2)CC1. The number of hydrogen-bond acceptors (Lipinski definition) is 3. The van der Waals surface area contributed by atoms with Gasteiger partial charge in [-0.25, -0.2) is 0 Å². The van der Waals surface area contributed by atoms with Crippen molar-refractivity contribution in [3.05, 3.63) is 29.8 Å². The lowest BCUT2D eigenvalue weighted by atomic mass is 9.95. The fourth-order valence-corrected chi connectivity index (χ4v) is 4.37. The Kier molecular flexibility index (Phi) is 6.00. The fourth-order valence-electron chi connectivity index (χ4n) is 4.37. The number of anilines is 1. The van der Waals surface area contributed by atoms with Crippen molar-refractivity contribution in [2.24, 2.45) is 17.8 Å². The summed E-state index contributed by atoms with van der Waals surface area (Å²) in [7, 11) is 0. The van der Waals surface area contributed by atoms with E-state index in [0.29, 0.717) is 5.91 Å². The summed E-state index contributed by atoms with van der Waals surface area (Å²) >= 11 is 0. The van der Waals surface area contributed by atoms with E-state index in [1.165, 1.54) is 31.5 Å². The predicted molar refractivity (Wildman–Crippen MR) is 111 cm³/mol. The van der Waals surface area contributed by atoms with Crippen LogP contribution in [0.25, 0.3) is 0 Å². The maximum absolute atomic E-state index is 12.6. The molecule has 2 aliphatic heterocycles. The first-order chi connectivity index (χ1) is 13.6. The molecule has 152 valence electrons. The van der Waals surface area contributed by atoms with E-state index in [9.17, 15) is 9.59 Å². The van der Waals surface area contributed by atoms with Crippen molar-refractivity contribution in [3.63, 3.8) is 0 Å². The maximum Gasteiger partial charge on any atom is 0.227 e. The molecule has 5 heteroatoms. The van der Waals surface area contributed by atoms with Crippen LogP contribution in [0.4, 0.5) is 5.69 Å². The zero-order chi connectivity index (χ0) is 19.5. The number of carbonyl (C=O) groups is 2. The van der Waals surface area contributed by atoms with Crippen LogP contribution in [0.3, 0.4) is 0 Å². The molecule has 2 heterocycles. The zero-order valence-electron chi connectivity index (χ0n) is 17.0. The van der Waals surface area contributed by atoms with Gasteiger partial charge in [-0.2, -0.15) is 0 Å². The molecule has 5 nitrogen and oxygen atoms in total. The third-order valence-electron chi connectivity index (χ3n) is 6.61. The third kappa shape index (κ3) is 4.93. The second-order valence-electron chi connectivity index (χ2n) is 9.02. The number of benzene rings is 1. The number of hydrogen-bond donors (Lipinski definition) is 1. The molecule has 4 rings (SSSR count). The van der Waals surface area contributed by atoms with E-state index in [2.05, 4.69) is 29.3 Å². The van der Waals surface area contributed by atoms with Gasteiger partial charge in [0, 0.05) is 37.2 Å². The fraction of sp³-hybridized carbons (Fsp3) is 0.652. The van der Waals surface area contributed by atoms with Gasteiger partial charge in [-0.1, -0.05) is 19.1 Å². The molecule has 0 spiro atoms. The van der Waals surface area contributed by atoms with Gasteiger partial charge in [-0.15, -0.1) is 0 Å². The number of nitrogens with one attached hydrogen (secondary N) is 1. The molecule has 0 radical (unpaired) electrons. The van der Waals surface area contributed by atoms with Crippen LogP contribution in [0.2, 0.25) is 0 Å². The Morgan fingerprint density at radius 3 is 2.14 bits per heavy atom. The van der Waals surface area contributed by atoms with E-state index in [0.717, 1.165) is 56.9 Å². The van der Waals surface area contributed by atoms with Gasteiger partial charge in [0.05, 0.1) is 0 Å². The van der Waals surface area contributed by atoms with Crippen LogP contribution in [0.15, 0.2) is 24.3 Å². The highest BCUT2D eigenvalue weighted by Gasteiger charge is 2.35. The minimum atomic E-state index is 0.0123. The molecule has 0 atom stereocenters. The number of piperidine rings is 2. The van der Waals surface area contributed by atoms with Gasteiger partial charge >= 0.3 is 0 Å². The van der Waals surface area contributed by atoms with E-state index >= 15 is 0 Å². The highest BCUT2D eigenvalue weighted by molar-refractivity contribution is 5.92. The van der Waals surface area contributed by atoms with E-state index in [-0.39, 0.29) is 17.7 Å². The maximum atomic E-state index is 12.6. The Morgan fingerprint density at radius 2 is 1.54 bits per heavy atom. The topological polar surface area (TPSA) is 52.7 Å². The second-order valence-corrected chi connectivity index (χ2v) is 9.02. The first kappa shape index (κ1) is 19.4. The molecule has 2 amide bonds. The van der Waals surface area contributed by atoms with E-state index in [1.54, 1.807) is 0 Å². The molecular weight excluding hydrogens is 350 g/mol. The lowest BCUT2D eigenvalue weighted by Gasteiger charge is -2.31. The zero-order valence-corrected chi connectivity index (χ0v) is 17.0. The molecule has 0 unspecified atom stereocenters. The number of amides is 2. The van der Waals surface area contributed by atoms with Crippen molar-refractivity contribution < 1.29 is 9.59 Å². The summed E-state index contributed by atoms with van der Waals surface area (Å²) in [5.74, 6) is 1.54. The van der Waals surface area contributed by atoms with E-state index in [1.807, 2.05) is 17.0 Å². The molecule has 3 aliphatic rings.